The normalized spacial score (nSPS) is 44.1. The number of aliphatic hydroxyl groups is 5. The summed E-state index contributed by atoms with van der Waals surface area (Å²) in [5.41, 5.74) is -1.17. The van der Waals surface area contributed by atoms with Gasteiger partial charge in [-0.1, -0.05) is 76.3 Å². The molecular weight excluding hydrogens is 827 g/mol. The summed E-state index contributed by atoms with van der Waals surface area (Å²) in [5, 5.41) is 66.8. The largest absolute Gasteiger partial charge is 0.394 e. The predicted molar refractivity (Wildman–Crippen MR) is 255 cm³/mol. The third kappa shape index (κ3) is 6.22. The molecule has 9 nitrogen and oxygen atoms in total. The maximum atomic E-state index is 16.4. The van der Waals surface area contributed by atoms with Gasteiger partial charge in [-0.2, -0.15) is 0 Å². The molecular formula is C57H79NO8. The molecule has 10 aliphatic carbocycles. The molecule has 0 radical (unpaired) electrons. The summed E-state index contributed by atoms with van der Waals surface area (Å²) in [6, 6.07) is 4.13. The fraction of sp³-hybridized carbons (Fsp3) is 0.754. The number of fused-ring (bicyclic) bond motifs is 6. The lowest BCUT2D eigenvalue weighted by atomic mass is 9.29. The van der Waals surface area contributed by atoms with Crippen molar-refractivity contribution in [3.8, 4) is 11.8 Å². The van der Waals surface area contributed by atoms with E-state index in [-0.39, 0.29) is 46.1 Å². The lowest BCUT2D eigenvalue weighted by Gasteiger charge is -2.75. The number of rotatable bonds is 11. The Morgan fingerprint density at radius 3 is 2.47 bits per heavy atom. The molecule has 0 saturated heterocycles. The molecule has 15 unspecified atom stereocenters. The Labute approximate surface area is 393 Å². The van der Waals surface area contributed by atoms with Gasteiger partial charge in [-0.15, -0.1) is 5.92 Å². The van der Waals surface area contributed by atoms with Gasteiger partial charge >= 0.3 is 0 Å². The molecule has 10 aliphatic rings. The van der Waals surface area contributed by atoms with Crippen LogP contribution in [0.1, 0.15) is 159 Å². The van der Waals surface area contributed by atoms with E-state index in [2.05, 4.69) is 56.1 Å². The molecule has 3 spiro atoms. The van der Waals surface area contributed by atoms with Crippen LogP contribution in [0.3, 0.4) is 0 Å². The maximum Gasteiger partial charge on any atom is 0.163 e. The van der Waals surface area contributed by atoms with Gasteiger partial charge < -0.3 is 35.6 Å². The van der Waals surface area contributed by atoms with E-state index < -0.39 is 64.0 Å². The van der Waals surface area contributed by atoms with Crippen LogP contribution in [0.4, 0.5) is 0 Å². The fourth-order valence-corrected chi connectivity index (χ4v) is 19.1. The summed E-state index contributed by atoms with van der Waals surface area (Å²) in [4.78, 5) is 30.6. The van der Waals surface area contributed by atoms with Gasteiger partial charge in [0.05, 0.1) is 24.9 Å². The highest BCUT2D eigenvalue weighted by Crippen LogP contribution is 2.82. The Hall–Kier alpha value is -2.68. The van der Waals surface area contributed by atoms with Gasteiger partial charge in [-0.3, -0.25) is 9.59 Å². The summed E-state index contributed by atoms with van der Waals surface area (Å²) in [5.74, 6) is 5.80. The lowest BCUT2D eigenvalue weighted by Crippen LogP contribution is -2.74. The van der Waals surface area contributed by atoms with Crippen LogP contribution in [-0.4, -0.2) is 88.4 Å². The molecule has 15 atom stereocenters. The molecule has 11 rings (SSSR count). The summed E-state index contributed by atoms with van der Waals surface area (Å²) >= 11 is 0. The van der Waals surface area contributed by atoms with Gasteiger partial charge in [0.2, 0.25) is 0 Å². The van der Waals surface area contributed by atoms with Gasteiger partial charge in [-0.05, 0) is 169 Å². The van der Waals surface area contributed by atoms with Gasteiger partial charge in [-0.25, -0.2) is 0 Å². The van der Waals surface area contributed by atoms with Crippen molar-refractivity contribution in [2.45, 2.75) is 174 Å². The SMILES string of the molecule is CCCNCc1ccc(C(=O)CCCOC)c2c1=CC1C(C=2)CCC23CCC4C(C)(C(O)CO)C(O)CCC14C2C(=O)C=C1C2CC4(C)CCC#CC(O)C2(C(O)CC13C)C1(CCCC1)C4. The molecule has 1 aromatic rings. The standard InChI is InChI=1S/C57H79NO8/c1-6-25-58-32-36-14-15-37(43(60)12-11-26-66-5)39-27-35-16-22-55-23-17-45-53(4,49(65)33-59)46(62)18-24-56(45,40(35)28-38(36)39)50(55)44(61)29-41-42-30-51(2)19-8-7-13-47(63)57(42,48(64)31-52(41,55)3)54(34-51)20-9-10-21-54/h14-15,27-29,35,40,42,45-50,58-59,62-65H,6,8-12,16-26,30-34H2,1-5H3. The Bertz CT molecular complexity index is 2330. The minimum Gasteiger partial charge on any atom is -0.394 e. The van der Waals surface area contributed by atoms with Gasteiger partial charge in [0.1, 0.15) is 6.10 Å². The molecule has 1 aromatic carbocycles. The highest BCUT2D eigenvalue weighted by atomic mass is 16.5. The monoisotopic (exact) mass is 906 g/mol. The smallest absolute Gasteiger partial charge is 0.163 e. The first kappa shape index (κ1) is 47.0. The highest BCUT2D eigenvalue weighted by molar-refractivity contribution is 5.97. The fourth-order valence-electron chi connectivity index (χ4n) is 19.1. The van der Waals surface area contributed by atoms with E-state index in [1.165, 1.54) is 0 Å². The molecule has 6 N–H and O–H groups in total. The zero-order valence-corrected chi connectivity index (χ0v) is 40.6. The minimum atomic E-state index is -1.19. The first-order chi connectivity index (χ1) is 31.6. The molecule has 6 fully saturated rings. The van der Waals surface area contributed by atoms with Crippen LogP contribution >= 0.6 is 0 Å². The van der Waals surface area contributed by atoms with Crippen molar-refractivity contribution in [2.75, 3.05) is 26.9 Å². The maximum absolute atomic E-state index is 16.4. The molecule has 360 valence electrons. The molecule has 0 aromatic heterocycles. The van der Waals surface area contributed by atoms with E-state index in [4.69, 9.17) is 4.74 Å². The summed E-state index contributed by atoms with van der Waals surface area (Å²) in [6.07, 6.45) is 16.8. The van der Waals surface area contributed by atoms with E-state index in [1.807, 2.05) is 19.1 Å². The van der Waals surface area contributed by atoms with Crippen molar-refractivity contribution in [3.05, 3.63) is 45.3 Å². The zero-order valence-electron chi connectivity index (χ0n) is 40.6. The van der Waals surface area contributed by atoms with Crippen LogP contribution in [0.2, 0.25) is 0 Å². The van der Waals surface area contributed by atoms with Gasteiger partial charge in [0, 0.05) is 55.4 Å². The zero-order chi connectivity index (χ0) is 46.7. The van der Waals surface area contributed by atoms with Crippen LogP contribution in [-0.2, 0) is 16.1 Å². The Kier molecular flexibility index (Phi) is 11.9. The lowest BCUT2D eigenvalue weighted by molar-refractivity contribution is -0.266. The molecule has 0 heterocycles. The Morgan fingerprint density at radius 2 is 1.73 bits per heavy atom. The quantitative estimate of drug-likeness (QED) is 0.0852. The first-order valence-corrected chi connectivity index (χ1v) is 26.2. The van der Waals surface area contributed by atoms with Gasteiger partial charge in [0.15, 0.2) is 11.6 Å². The van der Waals surface area contributed by atoms with Crippen molar-refractivity contribution in [2.24, 2.45) is 67.5 Å². The molecule has 0 aliphatic heterocycles. The van der Waals surface area contributed by atoms with E-state index >= 15 is 4.79 Å². The number of nitrogens with one attached hydrogen (secondary N) is 1. The molecule has 66 heavy (non-hydrogen) atoms. The molecule has 0 amide bonds. The van der Waals surface area contributed by atoms with Crippen LogP contribution in [0.5, 0.6) is 0 Å². The second-order valence-electron chi connectivity index (χ2n) is 24.2. The molecule has 4 bridgehead atoms. The first-order valence-electron chi connectivity index (χ1n) is 26.2. The number of carbonyl (C=O) groups excluding carboxylic acids is 2. The van der Waals surface area contributed by atoms with Crippen molar-refractivity contribution >= 4 is 23.7 Å². The number of ether oxygens (including phenoxy) is 1. The van der Waals surface area contributed by atoms with E-state index in [1.54, 1.807) is 7.11 Å². The molecule has 6 saturated carbocycles. The van der Waals surface area contributed by atoms with Crippen LogP contribution < -0.4 is 15.8 Å². The number of methoxy groups -OCH3 is 1. The van der Waals surface area contributed by atoms with Crippen molar-refractivity contribution in [1.82, 2.24) is 5.32 Å². The van der Waals surface area contributed by atoms with Crippen molar-refractivity contribution < 1.29 is 39.9 Å². The number of hydrogen-bond donors (Lipinski definition) is 6. The van der Waals surface area contributed by atoms with Crippen molar-refractivity contribution in [3.63, 3.8) is 0 Å². The summed E-state index contributed by atoms with van der Waals surface area (Å²) < 4.78 is 5.35. The average Bonchev–Trinajstić information content (AvgIpc) is 3.76. The Morgan fingerprint density at radius 1 is 0.955 bits per heavy atom. The minimum absolute atomic E-state index is 0.0332. The number of Topliss-reactive ketones (excluding diaryl/α,β-unsaturated/α-hetero) is 1. The highest BCUT2D eigenvalue weighted by Gasteiger charge is 2.79. The third-order valence-corrected chi connectivity index (χ3v) is 21.6. The number of hydrogen-bond acceptors (Lipinski definition) is 9. The van der Waals surface area contributed by atoms with E-state index in [0.29, 0.717) is 64.5 Å². The van der Waals surface area contributed by atoms with E-state index in [9.17, 15) is 30.3 Å². The van der Waals surface area contributed by atoms with E-state index in [0.717, 1.165) is 97.9 Å². The number of ketones is 2. The van der Waals surface area contributed by atoms with Crippen LogP contribution in [0, 0.1) is 79.3 Å². The Balaban J connectivity index is 1.21. The van der Waals surface area contributed by atoms with Crippen molar-refractivity contribution in [1.29, 1.82) is 0 Å². The summed E-state index contributed by atoms with van der Waals surface area (Å²) in [6.45, 7) is 10.5. The second-order valence-corrected chi connectivity index (χ2v) is 24.2. The average molecular weight is 906 g/mol. The number of carbonyl (C=O) groups is 2. The van der Waals surface area contributed by atoms with Crippen LogP contribution in [0.25, 0.3) is 12.2 Å². The topological polar surface area (TPSA) is 157 Å². The number of aliphatic hydroxyl groups excluding tert-OH is 5. The van der Waals surface area contributed by atoms with Crippen LogP contribution in [0.15, 0.2) is 23.8 Å². The number of benzene rings is 1. The summed E-state index contributed by atoms with van der Waals surface area (Å²) in [7, 11) is 1.66. The second kappa shape index (κ2) is 16.7. The third-order valence-electron chi connectivity index (χ3n) is 21.6. The molecule has 9 heteroatoms. The number of allylic oxidation sites excluding steroid dienone is 2. The predicted octanol–water partition coefficient (Wildman–Crippen LogP) is 6.31. The van der Waals surface area contributed by atoms with Gasteiger partial charge in [0.25, 0.3) is 0 Å².